The van der Waals surface area contributed by atoms with Crippen LogP contribution in [0.25, 0.3) is 0 Å². The number of hydrogen-bond acceptors (Lipinski definition) is 5. The van der Waals surface area contributed by atoms with E-state index < -0.39 is 0 Å². The molecule has 0 radical (unpaired) electrons. The maximum atomic E-state index is 5.13. The molecule has 0 saturated heterocycles. The Morgan fingerprint density at radius 1 is 1.26 bits per heavy atom. The average molecular weight is 367 g/mol. The van der Waals surface area contributed by atoms with E-state index in [-0.39, 0.29) is 0 Å². The number of amidine groups is 1. The lowest BCUT2D eigenvalue weighted by atomic mass is 9.87. The van der Waals surface area contributed by atoms with Crippen molar-refractivity contribution in [1.82, 2.24) is 15.2 Å². The van der Waals surface area contributed by atoms with Crippen LogP contribution in [0, 0.1) is 11.8 Å². The highest BCUT2D eigenvalue weighted by atomic mass is 16.5. The van der Waals surface area contributed by atoms with Gasteiger partial charge in [-0.25, -0.2) is 4.98 Å². The number of aliphatic imine (C=N–C) groups is 1. The molecule has 0 saturated carbocycles. The third-order valence-corrected chi connectivity index (χ3v) is 5.16. The second-order valence-corrected chi connectivity index (χ2v) is 7.24. The van der Waals surface area contributed by atoms with E-state index in [0.717, 1.165) is 25.2 Å². The summed E-state index contributed by atoms with van der Waals surface area (Å²) in [5, 5.41) is 3.41. The van der Waals surface area contributed by atoms with E-state index in [1.807, 2.05) is 19.3 Å². The van der Waals surface area contributed by atoms with Crippen molar-refractivity contribution in [2.75, 3.05) is 20.7 Å². The van der Waals surface area contributed by atoms with Crippen LogP contribution in [0.4, 0.5) is 0 Å². The summed E-state index contributed by atoms with van der Waals surface area (Å²) in [6, 6.07) is 4.31. The summed E-state index contributed by atoms with van der Waals surface area (Å²) in [5.41, 5.74) is 2.43. The van der Waals surface area contributed by atoms with Gasteiger partial charge in [0.05, 0.1) is 13.2 Å². The maximum absolute atomic E-state index is 5.13. The van der Waals surface area contributed by atoms with Gasteiger partial charge in [-0.1, -0.05) is 37.3 Å². The van der Waals surface area contributed by atoms with E-state index in [2.05, 4.69) is 65.6 Å². The lowest BCUT2D eigenvalue weighted by molar-refractivity contribution is 0.397. The molecule has 0 spiro atoms. The molecule has 2 heterocycles. The van der Waals surface area contributed by atoms with E-state index in [9.17, 15) is 0 Å². The fraction of sp³-hybridized carbons (Fsp3) is 0.455. The van der Waals surface area contributed by atoms with Gasteiger partial charge in [0.25, 0.3) is 0 Å². The zero-order chi connectivity index (χ0) is 19.2. The predicted octanol–water partition coefficient (Wildman–Crippen LogP) is 3.56. The van der Waals surface area contributed by atoms with Gasteiger partial charge >= 0.3 is 0 Å². The van der Waals surface area contributed by atoms with Gasteiger partial charge in [0.2, 0.25) is 5.88 Å². The minimum absolute atomic E-state index is 0.322. The SMILES string of the molecule is CN/C(=C\N1CC(C)N=C1CCc1ccc(OC)nc1)[C@H]1C=CC=CC1C. The first-order valence-corrected chi connectivity index (χ1v) is 9.67. The van der Waals surface area contributed by atoms with Gasteiger partial charge in [0.15, 0.2) is 0 Å². The smallest absolute Gasteiger partial charge is 0.212 e. The summed E-state index contributed by atoms with van der Waals surface area (Å²) >= 11 is 0. The Morgan fingerprint density at radius 2 is 2.07 bits per heavy atom. The Labute approximate surface area is 162 Å². The Kier molecular flexibility index (Phi) is 6.32. The Morgan fingerprint density at radius 3 is 2.74 bits per heavy atom. The van der Waals surface area contributed by atoms with Gasteiger partial charge in [0.1, 0.15) is 5.84 Å². The van der Waals surface area contributed by atoms with E-state index in [1.165, 1.54) is 11.3 Å². The third kappa shape index (κ3) is 4.79. The van der Waals surface area contributed by atoms with Crippen LogP contribution in [0.15, 0.2) is 59.5 Å². The third-order valence-electron chi connectivity index (χ3n) is 5.16. The molecule has 1 aliphatic carbocycles. The molecule has 144 valence electrons. The second kappa shape index (κ2) is 8.89. The van der Waals surface area contributed by atoms with Gasteiger partial charge in [-0.15, -0.1) is 0 Å². The summed E-state index contributed by atoms with van der Waals surface area (Å²) in [5.74, 6) is 2.66. The number of allylic oxidation sites excluding steroid dienone is 4. The first-order chi connectivity index (χ1) is 13.1. The highest BCUT2D eigenvalue weighted by Gasteiger charge is 2.24. The monoisotopic (exact) mass is 366 g/mol. The summed E-state index contributed by atoms with van der Waals surface area (Å²) in [6.07, 6.45) is 14.7. The molecule has 1 aliphatic heterocycles. The minimum atomic E-state index is 0.322. The van der Waals surface area contributed by atoms with Crippen LogP contribution in [-0.2, 0) is 6.42 Å². The zero-order valence-corrected chi connectivity index (χ0v) is 16.7. The molecule has 27 heavy (non-hydrogen) atoms. The number of hydrogen-bond donors (Lipinski definition) is 1. The summed E-state index contributed by atoms with van der Waals surface area (Å²) < 4.78 is 5.13. The van der Waals surface area contributed by atoms with Gasteiger partial charge < -0.3 is 15.0 Å². The molecule has 3 rings (SSSR count). The maximum Gasteiger partial charge on any atom is 0.212 e. The number of aromatic nitrogens is 1. The minimum Gasteiger partial charge on any atom is -0.481 e. The van der Waals surface area contributed by atoms with Crippen molar-refractivity contribution in [2.45, 2.75) is 32.7 Å². The Hall–Kier alpha value is -2.56. The number of methoxy groups -OCH3 is 1. The molecule has 1 aromatic heterocycles. The molecule has 2 unspecified atom stereocenters. The largest absolute Gasteiger partial charge is 0.481 e. The summed E-state index contributed by atoms with van der Waals surface area (Å²) in [6.45, 7) is 5.36. The van der Waals surface area contributed by atoms with Crippen LogP contribution in [0.5, 0.6) is 5.88 Å². The molecular formula is C22H30N4O. The van der Waals surface area contributed by atoms with E-state index in [4.69, 9.17) is 9.73 Å². The average Bonchev–Trinajstić information content (AvgIpc) is 3.04. The van der Waals surface area contributed by atoms with E-state index >= 15 is 0 Å². The lowest BCUT2D eigenvalue weighted by Crippen LogP contribution is -2.29. The fourth-order valence-corrected chi connectivity index (χ4v) is 3.62. The van der Waals surface area contributed by atoms with Crippen LogP contribution in [0.2, 0.25) is 0 Å². The van der Waals surface area contributed by atoms with E-state index in [1.54, 1.807) is 7.11 Å². The lowest BCUT2D eigenvalue weighted by Gasteiger charge is -2.26. The van der Waals surface area contributed by atoms with Gasteiger partial charge in [-0.3, -0.25) is 4.99 Å². The van der Waals surface area contributed by atoms with Crippen molar-refractivity contribution in [1.29, 1.82) is 0 Å². The molecule has 5 nitrogen and oxygen atoms in total. The first-order valence-electron chi connectivity index (χ1n) is 9.67. The van der Waals surface area contributed by atoms with E-state index in [0.29, 0.717) is 23.8 Å². The molecular weight excluding hydrogens is 336 g/mol. The van der Waals surface area contributed by atoms with Crippen LogP contribution in [-0.4, -0.2) is 42.5 Å². The zero-order valence-electron chi connectivity index (χ0n) is 16.7. The van der Waals surface area contributed by atoms with Crippen molar-refractivity contribution >= 4 is 5.84 Å². The van der Waals surface area contributed by atoms with Gasteiger partial charge in [-0.2, -0.15) is 0 Å². The Bertz CT molecular complexity index is 748. The number of nitrogens with zero attached hydrogens (tertiary/aromatic N) is 3. The van der Waals surface area contributed by atoms with Crippen LogP contribution in [0.3, 0.4) is 0 Å². The topological polar surface area (TPSA) is 49.8 Å². The molecule has 3 atom stereocenters. The number of aryl methyl sites for hydroxylation is 1. The van der Waals surface area contributed by atoms with Crippen molar-refractivity contribution in [2.24, 2.45) is 16.8 Å². The standard InChI is InChI=1S/C22H30N4O/c1-16-7-5-6-8-19(16)20(23-3)15-26-14-17(2)25-21(26)11-9-18-10-12-22(27-4)24-13-18/h5-8,10,12-13,15-17,19,23H,9,11,14H2,1-4H3/b20-15-/t16?,17?,19-/m0/s1. The van der Waals surface area contributed by atoms with Gasteiger partial charge in [-0.05, 0) is 24.8 Å². The normalized spacial score (nSPS) is 24.9. The molecule has 1 aromatic rings. The number of ether oxygens (including phenoxy) is 1. The molecule has 0 aromatic carbocycles. The predicted molar refractivity (Wildman–Crippen MR) is 111 cm³/mol. The summed E-state index contributed by atoms with van der Waals surface area (Å²) in [7, 11) is 3.64. The van der Waals surface area contributed by atoms with Crippen LogP contribution in [0.1, 0.15) is 25.8 Å². The first kappa shape index (κ1) is 19.2. The molecule has 5 heteroatoms. The van der Waals surface area contributed by atoms with Crippen molar-refractivity contribution in [3.63, 3.8) is 0 Å². The van der Waals surface area contributed by atoms with Crippen molar-refractivity contribution < 1.29 is 4.74 Å². The van der Waals surface area contributed by atoms with Crippen LogP contribution >= 0.6 is 0 Å². The molecule has 1 N–H and O–H groups in total. The van der Waals surface area contributed by atoms with Crippen LogP contribution < -0.4 is 10.1 Å². The quantitative estimate of drug-likeness (QED) is 0.802. The summed E-state index contributed by atoms with van der Waals surface area (Å²) in [4.78, 5) is 11.5. The number of nitrogens with one attached hydrogen (secondary N) is 1. The van der Waals surface area contributed by atoms with Crippen molar-refractivity contribution in [3.05, 3.63) is 60.1 Å². The number of pyridine rings is 1. The van der Waals surface area contributed by atoms with Crippen molar-refractivity contribution in [3.8, 4) is 5.88 Å². The molecule has 0 amide bonds. The Balaban J connectivity index is 1.69. The molecule has 2 aliphatic rings. The highest BCUT2D eigenvalue weighted by molar-refractivity contribution is 5.85. The fourth-order valence-electron chi connectivity index (χ4n) is 3.62. The van der Waals surface area contributed by atoms with Gasteiger partial charge in [0, 0.05) is 50.1 Å². The highest BCUT2D eigenvalue weighted by Crippen LogP contribution is 2.26. The number of rotatable bonds is 7. The molecule has 0 fully saturated rings. The molecule has 0 bridgehead atoms. The second-order valence-electron chi connectivity index (χ2n) is 7.24.